The fourth-order valence-corrected chi connectivity index (χ4v) is 1.44. The summed E-state index contributed by atoms with van der Waals surface area (Å²) >= 11 is 7.66. The molecule has 0 fully saturated rings. The maximum absolute atomic E-state index is 10.7. The minimum atomic E-state index is 0.428. The zero-order valence-corrected chi connectivity index (χ0v) is 8.28. The largest absolute Gasteiger partial charge is 0.364 e. The van der Waals surface area contributed by atoms with Gasteiger partial charge in [0.1, 0.15) is 0 Å². The van der Waals surface area contributed by atoms with Crippen molar-refractivity contribution in [1.82, 2.24) is 0 Å². The molecule has 0 spiro atoms. The predicted molar refractivity (Wildman–Crippen MR) is 49.5 cm³/mol. The van der Waals surface area contributed by atoms with E-state index in [1.54, 1.807) is 6.07 Å². The summed E-state index contributed by atoms with van der Waals surface area (Å²) < 4.78 is 1.16. The zero-order valence-electron chi connectivity index (χ0n) is 5.87. The molecule has 0 N–H and O–H groups in total. The molecule has 0 aliphatic rings. The maximum Gasteiger partial charge on any atom is 0.252 e. The monoisotopic (exact) mass is 231 g/mol. The van der Waals surface area contributed by atoms with Crippen LogP contribution >= 0.6 is 15.9 Å². The van der Waals surface area contributed by atoms with Crippen LogP contribution in [-0.4, -0.2) is 4.17 Å². The Morgan fingerprint density at radius 3 is 2.64 bits per heavy atom. The molecule has 1 aromatic rings. The predicted octanol–water partition coefficient (Wildman–Crippen LogP) is 2.63. The van der Waals surface area contributed by atoms with E-state index in [1.165, 1.54) is 0 Å². The highest BCUT2D eigenvalue weighted by Crippen LogP contribution is 2.24. The van der Waals surface area contributed by atoms with Crippen molar-refractivity contribution in [3.05, 3.63) is 33.1 Å². The Kier molecular flexibility index (Phi) is 2.57. The summed E-state index contributed by atoms with van der Waals surface area (Å²) in [7, 11) is 0. The van der Waals surface area contributed by atoms with Crippen molar-refractivity contribution in [3.63, 3.8) is 0 Å². The Bertz CT molecular complexity index is 300. The van der Waals surface area contributed by atoms with E-state index >= 15 is 0 Å². The van der Waals surface area contributed by atoms with Gasteiger partial charge < -0.3 is 12.8 Å². The molecule has 4 heteroatoms. The topological polar surface area (TPSA) is 20.1 Å². The van der Waals surface area contributed by atoms with Gasteiger partial charge in [0.05, 0.1) is 4.47 Å². The van der Waals surface area contributed by atoms with Crippen LogP contribution in [0.1, 0.15) is 5.56 Å². The molecule has 0 heterocycles. The smallest absolute Gasteiger partial charge is 0.252 e. The molecule has 0 aliphatic carbocycles. The highest BCUT2D eigenvalue weighted by molar-refractivity contribution is 9.10. The van der Waals surface area contributed by atoms with Crippen LogP contribution in [-0.2, 0) is 12.8 Å². The van der Waals surface area contributed by atoms with Gasteiger partial charge in [0, 0.05) is 11.0 Å². The van der Waals surface area contributed by atoms with Crippen LogP contribution in [0.4, 0.5) is 5.69 Å². The van der Waals surface area contributed by atoms with Gasteiger partial charge in [-0.15, -0.1) is 0 Å². The van der Waals surface area contributed by atoms with Crippen molar-refractivity contribution in [2.24, 2.45) is 0 Å². The first kappa shape index (κ1) is 8.62. The Labute approximate surface area is 78.9 Å². The Morgan fingerprint density at radius 1 is 1.55 bits per heavy atom. The van der Waals surface area contributed by atoms with Crippen molar-refractivity contribution in [1.29, 1.82) is 0 Å². The number of aryl methyl sites for hydroxylation is 1. The van der Waals surface area contributed by atoms with E-state index in [-0.39, 0.29) is 0 Å². The summed E-state index contributed by atoms with van der Waals surface area (Å²) in [5.41, 5.74) is 1.51. The molecule has 0 bridgehead atoms. The molecule has 2 nitrogen and oxygen atoms in total. The summed E-state index contributed by atoms with van der Waals surface area (Å²) in [6, 6.07) is 5.46. The third-order valence-electron chi connectivity index (χ3n) is 1.30. The number of hydrogen-bond acceptors (Lipinski definition) is 2. The van der Waals surface area contributed by atoms with Gasteiger partial charge in [0.2, 0.25) is 0 Å². The molecule has 1 rings (SSSR count). The van der Waals surface area contributed by atoms with Crippen molar-refractivity contribution >= 4 is 34.4 Å². The fraction of sp³-hybridized carbons (Fsp3) is 0.143. The number of nitrogens with zero attached hydrogens (tertiary/aromatic N) is 1. The lowest BCUT2D eigenvalue weighted by Gasteiger charge is -1.97. The van der Waals surface area contributed by atoms with Gasteiger partial charge >= 0.3 is 0 Å². The van der Waals surface area contributed by atoms with Crippen LogP contribution in [0.5, 0.6) is 0 Å². The summed E-state index contributed by atoms with van der Waals surface area (Å²) in [6.45, 7) is 1.91. The quantitative estimate of drug-likeness (QED) is 0.547. The number of rotatable bonds is 1. The lowest BCUT2D eigenvalue weighted by Crippen LogP contribution is -1.89. The fourth-order valence-electron chi connectivity index (χ4n) is 0.763. The lowest BCUT2D eigenvalue weighted by atomic mass is 10.2. The van der Waals surface area contributed by atoms with Gasteiger partial charge in [-0.3, -0.25) is 0 Å². The molecule has 0 radical (unpaired) electrons. The van der Waals surface area contributed by atoms with Crippen molar-refractivity contribution in [2.75, 3.05) is 0 Å². The summed E-state index contributed by atoms with van der Waals surface area (Å²) in [5.74, 6) is 0. The molecular formula is C7H6BrNOS. The minimum Gasteiger partial charge on any atom is -0.364 e. The van der Waals surface area contributed by atoms with Gasteiger partial charge in [-0.1, -0.05) is 10.2 Å². The second-order valence-corrected chi connectivity index (χ2v) is 3.40. The molecule has 11 heavy (non-hydrogen) atoms. The molecule has 58 valence electrons. The Balaban J connectivity index is 3.23. The number of benzene rings is 1. The normalized spacial score (nSPS) is 9.64. The van der Waals surface area contributed by atoms with Gasteiger partial charge in [-0.05, 0) is 34.5 Å². The second-order valence-electron chi connectivity index (χ2n) is 2.21. The third kappa shape index (κ3) is 1.97. The SMILES string of the molecule is Cc1ccc(Br)c([N+](=O)[S-])c1. The van der Waals surface area contributed by atoms with Crippen molar-refractivity contribution < 1.29 is 4.17 Å². The average molecular weight is 232 g/mol. The van der Waals surface area contributed by atoms with E-state index in [9.17, 15) is 4.91 Å². The van der Waals surface area contributed by atoms with E-state index in [4.69, 9.17) is 0 Å². The molecule has 0 saturated heterocycles. The zero-order chi connectivity index (χ0) is 8.43. The van der Waals surface area contributed by atoms with Gasteiger partial charge in [-0.25, -0.2) is 0 Å². The molecule has 0 saturated carbocycles. The molecule has 0 amide bonds. The number of hydrogen-bond donors (Lipinski definition) is 0. The van der Waals surface area contributed by atoms with E-state index in [1.807, 2.05) is 19.1 Å². The van der Waals surface area contributed by atoms with Crippen LogP contribution in [0.3, 0.4) is 0 Å². The van der Waals surface area contributed by atoms with E-state index in [2.05, 4.69) is 28.7 Å². The summed E-state index contributed by atoms with van der Waals surface area (Å²) in [5, 5.41) is 0. The molecule has 1 aromatic carbocycles. The first-order chi connectivity index (χ1) is 5.11. The average Bonchev–Trinajstić information content (AvgIpc) is 1.94. The van der Waals surface area contributed by atoms with Gasteiger partial charge in [0.25, 0.3) is 5.69 Å². The Hall–Kier alpha value is -0.480. The van der Waals surface area contributed by atoms with Crippen molar-refractivity contribution in [3.8, 4) is 0 Å². The molecule has 0 atom stereocenters. The molecular weight excluding hydrogens is 226 g/mol. The molecule has 0 unspecified atom stereocenters. The highest BCUT2D eigenvalue weighted by Gasteiger charge is 2.07. The van der Waals surface area contributed by atoms with E-state index in [0.29, 0.717) is 9.85 Å². The van der Waals surface area contributed by atoms with Gasteiger partial charge in [-0.2, -0.15) is 0 Å². The lowest BCUT2D eigenvalue weighted by molar-refractivity contribution is -0.263. The van der Waals surface area contributed by atoms with Crippen molar-refractivity contribution in [2.45, 2.75) is 6.92 Å². The highest BCUT2D eigenvalue weighted by atomic mass is 79.9. The van der Waals surface area contributed by atoms with Crippen LogP contribution in [0, 0.1) is 11.8 Å². The number of halogens is 1. The van der Waals surface area contributed by atoms with Gasteiger partial charge in [0.15, 0.2) is 0 Å². The van der Waals surface area contributed by atoms with E-state index in [0.717, 1.165) is 10.0 Å². The minimum absolute atomic E-state index is 0.428. The second kappa shape index (κ2) is 3.28. The number of nitroso groups, excluding NO2 is 1. The van der Waals surface area contributed by atoms with Crippen LogP contribution < -0.4 is 0 Å². The van der Waals surface area contributed by atoms with Crippen LogP contribution in [0.25, 0.3) is 0 Å². The standard InChI is InChI=1S/C7H6BrNOS/c1-5-2-3-6(8)7(4-5)9(10)11/h2-4H,1H3. The first-order valence-electron chi connectivity index (χ1n) is 3.02. The first-order valence-corrected chi connectivity index (χ1v) is 4.17. The maximum atomic E-state index is 10.7. The van der Waals surface area contributed by atoms with Crippen LogP contribution in [0.2, 0.25) is 0 Å². The summed E-state index contributed by atoms with van der Waals surface area (Å²) in [6.07, 6.45) is 0. The molecule has 0 aliphatic heterocycles. The molecule has 0 aromatic heterocycles. The summed E-state index contributed by atoms with van der Waals surface area (Å²) in [4.78, 5) is 10.7. The van der Waals surface area contributed by atoms with E-state index < -0.39 is 0 Å². The van der Waals surface area contributed by atoms with Crippen LogP contribution in [0.15, 0.2) is 22.7 Å². The third-order valence-corrected chi connectivity index (χ3v) is 2.17. The Morgan fingerprint density at radius 2 is 2.18 bits per heavy atom.